The van der Waals surface area contributed by atoms with Crippen LogP contribution in [0.15, 0.2) is 24.3 Å². The second-order valence-corrected chi connectivity index (χ2v) is 6.74. The molecule has 0 radical (unpaired) electrons. The molecule has 2 amide bonds. The zero-order chi connectivity index (χ0) is 16.3. The van der Waals surface area contributed by atoms with E-state index in [1.165, 1.54) is 0 Å². The molecule has 1 aliphatic heterocycles. The standard InChI is InChI=1S/C17H23ClN2O2/c1-13-5-4-6-14(11-13)15(21)19-7-9-20(10-8-19)16(22)17(2,3)12-18/h4-6,11H,7-10,12H2,1-3H3. The molecule has 0 unspecified atom stereocenters. The van der Waals surface area contributed by atoms with Crippen molar-refractivity contribution >= 4 is 23.4 Å². The first-order valence-corrected chi connectivity index (χ1v) is 8.10. The van der Waals surface area contributed by atoms with Crippen molar-refractivity contribution in [1.29, 1.82) is 0 Å². The zero-order valence-corrected chi connectivity index (χ0v) is 14.2. The smallest absolute Gasteiger partial charge is 0.253 e. The van der Waals surface area contributed by atoms with E-state index in [9.17, 15) is 9.59 Å². The van der Waals surface area contributed by atoms with E-state index in [1.807, 2.05) is 54.8 Å². The third-order valence-corrected chi connectivity index (χ3v) is 4.70. The largest absolute Gasteiger partial charge is 0.339 e. The average Bonchev–Trinajstić information content (AvgIpc) is 2.53. The molecule has 0 atom stereocenters. The summed E-state index contributed by atoms with van der Waals surface area (Å²) in [4.78, 5) is 28.5. The lowest BCUT2D eigenvalue weighted by atomic mass is 9.94. The van der Waals surface area contributed by atoms with Crippen LogP contribution in [0, 0.1) is 12.3 Å². The number of halogens is 1. The van der Waals surface area contributed by atoms with Crippen molar-refractivity contribution in [3.8, 4) is 0 Å². The van der Waals surface area contributed by atoms with Gasteiger partial charge < -0.3 is 9.80 Å². The van der Waals surface area contributed by atoms with Crippen LogP contribution in [0.25, 0.3) is 0 Å². The highest BCUT2D eigenvalue weighted by Crippen LogP contribution is 2.22. The van der Waals surface area contributed by atoms with Gasteiger partial charge in [0.2, 0.25) is 5.91 Å². The van der Waals surface area contributed by atoms with Crippen molar-refractivity contribution in [2.75, 3.05) is 32.1 Å². The first-order chi connectivity index (χ1) is 10.3. The summed E-state index contributed by atoms with van der Waals surface area (Å²) >= 11 is 5.87. The van der Waals surface area contributed by atoms with Gasteiger partial charge in [-0.05, 0) is 32.9 Å². The molecule has 1 aromatic rings. The fourth-order valence-electron chi connectivity index (χ4n) is 2.56. The van der Waals surface area contributed by atoms with Crippen LogP contribution in [-0.4, -0.2) is 53.7 Å². The molecule has 5 heteroatoms. The van der Waals surface area contributed by atoms with Crippen LogP contribution >= 0.6 is 11.6 Å². The van der Waals surface area contributed by atoms with E-state index in [1.54, 1.807) is 0 Å². The molecule has 120 valence electrons. The Morgan fingerprint density at radius 2 is 1.73 bits per heavy atom. The molecule has 0 aliphatic carbocycles. The summed E-state index contributed by atoms with van der Waals surface area (Å²) in [5.74, 6) is 0.395. The lowest BCUT2D eigenvalue weighted by Crippen LogP contribution is -2.53. The summed E-state index contributed by atoms with van der Waals surface area (Å²) in [6.45, 7) is 7.95. The SMILES string of the molecule is Cc1cccc(C(=O)N2CCN(C(=O)C(C)(C)CCl)CC2)c1. The Balaban J connectivity index is 1.98. The van der Waals surface area contributed by atoms with Crippen LogP contribution in [0.1, 0.15) is 29.8 Å². The molecule has 0 saturated carbocycles. The van der Waals surface area contributed by atoms with Crippen molar-refractivity contribution in [2.24, 2.45) is 5.41 Å². The van der Waals surface area contributed by atoms with Gasteiger partial charge in [0.25, 0.3) is 5.91 Å². The van der Waals surface area contributed by atoms with E-state index in [2.05, 4.69) is 0 Å². The van der Waals surface area contributed by atoms with Gasteiger partial charge in [0, 0.05) is 37.6 Å². The van der Waals surface area contributed by atoms with Gasteiger partial charge in [-0.25, -0.2) is 0 Å². The van der Waals surface area contributed by atoms with Gasteiger partial charge in [-0.3, -0.25) is 9.59 Å². The Bertz CT molecular complexity index is 564. The van der Waals surface area contributed by atoms with Gasteiger partial charge in [0.05, 0.1) is 5.41 Å². The second-order valence-electron chi connectivity index (χ2n) is 6.47. The number of nitrogens with zero attached hydrogens (tertiary/aromatic N) is 2. The first kappa shape index (κ1) is 16.8. The van der Waals surface area contributed by atoms with Gasteiger partial charge in [0.15, 0.2) is 0 Å². The monoisotopic (exact) mass is 322 g/mol. The maximum atomic E-state index is 12.5. The number of alkyl halides is 1. The molecule has 0 bridgehead atoms. The highest BCUT2D eigenvalue weighted by molar-refractivity contribution is 6.19. The number of carbonyl (C=O) groups excluding carboxylic acids is 2. The summed E-state index contributed by atoms with van der Waals surface area (Å²) < 4.78 is 0. The van der Waals surface area contributed by atoms with E-state index in [0.717, 1.165) is 5.56 Å². The molecule has 22 heavy (non-hydrogen) atoms. The lowest BCUT2D eigenvalue weighted by Gasteiger charge is -2.38. The predicted molar refractivity (Wildman–Crippen MR) is 88.2 cm³/mol. The van der Waals surface area contributed by atoms with Crippen LogP contribution in [0.2, 0.25) is 0 Å². The molecule has 0 aromatic heterocycles. The Labute approximate surface area is 137 Å². The number of amides is 2. The summed E-state index contributed by atoms with van der Waals surface area (Å²) in [5.41, 5.74) is 1.23. The van der Waals surface area contributed by atoms with Crippen LogP contribution in [0.5, 0.6) is 0 Å². The second kappa shape index (κ2) is 6.69. The maximum Gasteiger partial charge on any atom is 0.253 e. The van der Waals surface area contributed by atoms with E-state index < -0.39 is 5.41 Å². The summed E-state index contributed by atoms with van der Waals surface area (Å²) in [6.07, 6.45) is 0. The Morgan fingerprint density at radius 3 is 2.27 bits per heavy atom. The molecule has 0 N–H and O–H groups in total. The van der Waals surface area contributed by atoms with Gasteiger partial charge in [-0.15, -0.1) is 11.6 Å². The van der Waals surface area contributed by atoms with Crippen molar-refractivity contribution in [1.82, 2.24) is 9.80 Å². The minimum absolute atomic E-state index is 0.0346. The molecule has 1 fully saturated rings. The lowest BCUT2D eigenvalue weighted by molar-refractivity contribution is -0.140. The van der Waals surface area contributed by atoms with Crippen molar-refractivity contribution in [2.45, 2.75) is 20.8 Å². The van der Waals surface area contributed by atoms with E-state index in [4.69, 9.17) is 11.6 Å². The third-order valence-electron chi connectivity index (χ3n) is 4.03. The van der Waals surface area contributed by atoms with Gasteiger partial charge in [-0.1, -0.05) is 17.7 Å². The number of aryl methyl sites for hydroxylation is 1. The number of rotatable bonds is 3. The van der Waals surface area contributed by atoms with Gasteiger partial charge in [0.1, 0.15) is 0 Å². The predicted octanol–water partition coefficient (Wildman–Crippen LogP) is 2.54. The molecule has 0 spiro atoms. The molecule has 1 aliphatic rings. The van der Waals surface area contributed by atoms with Crippen LogP contribution in [0.3, 0.4) is 0 Å². The fraction of sp³-hybridized carbons (Fsp3) is 0.529. The average molecular weight is 323 g/mol. The number of hydrogen-bond acceptors (Lipinski definition) is 2. The van der Waals surface area contributed by atoms with E-state index >= 15 is 0 Å². The summed E-state index contributed by atoms with van der Waals surface area (Å²) in [5, 5.41) is 0. The van der Waals surface area contributed by atoms with Crippen LogP contribution < -0.4 is 0 Å². The number of carbonyl (C=O) groups is 2. The summed E-state index contributed by atoms with van der Waals surface area (Å²) in [6, 6.07) is 7.60. The third kappa shape index (κ3) is 3.61. The van der Waals surface area contributed by atoms with E-state index in [-0.39, 0.29) is 11.8 Å². The molecule has 2 rings (SSSR count). The normalized spacial score (nSPS) is 15.8. The van der Waals surface area contributed by atoms with Crippen LogP contribution in [0.4, 0.5) is 0 Å². The minimum atomic E-state index is -0.551. The maximum absolute atomic E-state index is 12.5. The topological polar surface area (TPSA) is 40.6 Å². The minimum Gasteiger partial charge on any atom is -0.339 e. The zero-order valence-electron chi connectivity index (χ0n) is 13.4. The van der Waals surface area contributed by atoms with Crippen molar-refractivity contribution in [3.63, 3.8) is 0 Å². The fourth-order valence-corrected chi connectivity index (χ4v) is 2.67. The quantitative estimate of drug-likeness (QED) is 0.802. The van der Waals surface area contributed by atoms with Crippen LogP contribution in [-0.2, 0) is 4.79 Å². The van der Waals surface area contributed by atoms with Gasteiger partial charge in [-0.2, -0.15) is 0 Å². The molecule has 1 aromatic carbocycles. The number of hydrogen-bond donors (Lipinski definition) is 0. The Kier molecular flexibility index (Phi) is 5.12. The van der Waals surface area contributed by atoms with Crippen molar-refractivity contribution < 1.29 is 9.59 Å². The first-order valence-electron chi connectivity index (χ1n) is 7.56. The molecule has 4 nitrogen and oxygen atoms in total. The van der Waals surface area contributed by atoms with Gasteiger partial charge >= 0.3 is 0 Å². The number of piperazine rings is 1. The molecule has 1 saturated heterocycles. The highest BCUT2D eigenvalue weighted by Gasteiger charge is 2.33. The van der Waals surface area contributed by atoms with Crippen molar-refractivity contribution in [3.05, 3.63) is 35.4 Å². The number of benzene rings is 1. The Morgan fingerprint density at radius 1 is 1.14 bits per heavy atom. The molecular weight excluding hydrogens is 300 g/mol. The summed E-state index contributed by atoms with van der Waals surface area (Å²) in [7, 11) is 0. The molecular formula is C17H23ClN2O2. The van der Waals surface area contributed by atoms with E-state index in [0.29, 0.717) is 37.6 Å². The Hall–Kier alpha value is -1.55. The highest BCUT2D eigenvalue weighted by atomic mass is 35.5. The molecule has 1 heterocycles.